The number of aliphatic hydroxyl groups is 2. The highest BCUT2D eigenvalue weighted by Crippen LogP contribution is 2.28. The molecule has 20 N–H and O–H groups in total. The van der Waals surface area contributed by atoms with Crippen LogP contribution in [0, 0.1) is 5.92 Å². The highest BCUT2D eigenvalue weighted by Gasteiger charge is 2.47. The van der Waals surface area contributed by atoms with Crippen LogP contribution in [0.4, 0.5) is 0 Å². The number of imidazole rings is 1. The molecular weight excluding hydrogens is 1780 g/mol. The van der Waals surface area contributed by atoms with E-state index >= 15 is 43.2 Å². The fourth-order valence-electron chi connectivity index (χ4n) is 16.9. The number of carbonyl (C=O) groups excluding carboxylic acids is 17. The molecule has 42 nitrogen and oxygen atoms in total. The van der Waals surface area contributed by atoms with E-state index in [0.29, 0.717) is 69.9 Å². The lowest BCUT2D eigenvalue weighted by atomic mass is 10.00. The third-order valence-corrected chi connectivity index (χ3v) is 25.5. The molecule has 17 amide bonds. The molecule has 7 aromatic rings. The number of aromatic amines is 3. The Morgan fingerprint density at radius 2 is 1.08 bits per heavy atom. The molecule has 4 aromatic heterocycles. The second kappa shape index (κ2) is 49.4. The molecule has 0 saturated carbocycles. The average molecular weight is 1900 g/mol. The molecule has 732 valence electrons. The molecule has 0 unspecified atom stereocenters. The first-order valence-electron chi connectivity index (χ1n) is 45.6. The number of carbonyl (C=O) groups is 17. The van der Waals surface area contributed by atoms with E-state index in [9.17, 15) is 53.7 Å². The van der Waals surface area contributed by atoms with E-state index in [4.69, 9.17) is 11.5 Å². The van der Waals surface area contributed by atoms with Crippen LogP contribution in [0.2, 0.25) is 0 Å². The van der Waals surface area contributed by atoms with Gasteiger partial charge in [0.15, 0.2) is 0 Å². The van der Waals surface area contributed by atoms with Crippen molar-refractivity contribution in [3.05, 3.63) is 150 Å². The number of pyridine rings is 1. The number of benzene rings is 3. The Hall–Kier alpha value is -13.8. The van der Waals surface area contributed by atoms with Crippen LogP contribution in [-0.2, 0) is 114 Å². The van der Waals surface area contributed by atoms with Crippen molar-refractivity contribution in [1.29, 1.82) is 0 Å². The van der Waals surface area contributed by atoms with Gasteiger partial charge in [-0.05, 0) is 98.0 Å². The molecule has 0 aliphatic carbocycles. The number of unbranched alkanes of at least 4 members (excludes halogenated alkanes) is 2. The highest BCUT2D eigenvalue weighted by atomic mass is 32.2. The number of amides is 17. The normalized spacial score (nSPS) is 24.7. The van der Waals surface area contributed by atoms with Crippen LogP contribution in [0.15, 0.2) is 122 Å². The van der Waals surface area contributed by atoms with Gasteiger partial charge in [0.2, 0.25) is 100 Å². The number of thioether (sulfide) groups is 1. The molecule has 10 rings (SSSR count). The standard InChI is InChI=1S/C93H124N22O20S/c1-9-11-25-73-86(128)104-65(38-56-20-17-18-32-97-56)84(126)110-72(81(123)100-45-78(95)120)48-136-49-79(121)102-68(35-53-28-30-58(117)31-29-53)89(131)111(6)52(5)80(122)106-70(41-77(94)119)91(133)114-33-19-27-74(114)87(129)105-66(39-57-44-96-50-101-57)83(125)107-67(34-51(3)4)92(134)115-46-59(118)40-76(115)88(130)103-64(36-54-42-98-62-23-15-13-21-60(54)62)82(124)109-71(47-116)85(127)108-69(37-55-43-99-63-24-16-14-22-61(55)63)90(132)113(8)75(26-12-10-2)93(135)112(73)7/h13-18,20-24,28-32,42-44,50-52,59,64-76,98-99,116-118H,9-12,19,25-27,33-41,45-49H2,1-8H3,(H2,94,119)(H2,95,120)(H,96,101)(H,100,123)(H,102,121)(H,103,130)(H,104,128)(H,105,129)(H,106,122)(H,107,125)(H,108,127)(H,109,124)(H,110,126)/t52-,59+,64-,65-,66-,67-,68-,69-,70-,71-,72-,73-,74-,75-,76-/m0/s1. The molecule has 3 aliphatic heterocycles. The fourth-order valence-corrected chi connectivity index (χ4v) is 17.8. The number of hydrogen-bond acceptors (Lipinski definition) is 23. The number of primary amides is 2. The molecule has 3 aromatic carbocycles. The second-order valence-corrected chi connectivity index (χ2v) is 36.1. The maximum absolute atomic E-state index is 15.8. The lowest BCUT2D eigenvalue weighted by Gasteiger charge is -2.36. The predicted molar refractivity (Wildman–Crippen MR) is 499 cm³/mol. The second-order valence-electron chi connectivity index (χ2n) is 35.0. The van der Waals surface area contributed by atoms with Gasteiger partial charge in [0.1, 0.15) is 90.3 Å². The number of H-pyrrole nitrogens is 3. The number of likely N-dealkylation sites (N-methyl/N-ethyl adjacent to an activating group) is 3. The SMILES string of the molecule is CCCC[C@H]1C(=O)N(C)[C@@H](CCCC)C(=O)N[C@@H](Cc2ccccn2)C(=O)N[C@H](C(=O)NCC(N)=O)CSCC(=O)N[C@@H](Cc2ccc(O)cc2)C(=O)N(C)[C@@H](C)C(=O)N[C@@H](CC(N)=O)C(=O)N2CCC[C@H]2C(=O)N[C@@H](Cc2cnc[nH]2)C(=O)N[C@@H](CC(C)C)C(=O)N2C[C@H](O)C[C@H]2C(=O)N[C@@H](Cc2c[nH]c3ccccc23)C(=O)N[C@@H](CO)C(=O)N[C@@H](Cc2c[nH]c3ccccc23)C(=O)N1C. The van der Waals surface area contributed by atoms with Crippen molar-refractivity contribution < 1.29 is 96.8 Å². The molecule has 0 bridgehead atoms. The van der Waals surface area contributed by atoms with Crippen LogP contribution in [0.1, 0.15) is 133 Å². The van der Waals surface area contributed by atoms with Crippen LogP contribution >= 0.6 is 11.8 Å². The van der Waals surface area contributed by atoms with Gasteiger partial charge in [-0.3, -0.25) is 86.5 Å². The van der Waals surface area contributed by atoms with Gasteiger partial charge in [-0.25, -0.2) is 4.98 Å². The van der Waals surface area contributed by atoms with E-state index in [1.54, 1.807) is 93.0 Å². The number of nitrogens with one attached hydrogen (secondary N) is 13. The number of phenolic OH excluding ortho intramolecular Hbond substituents is 1. The van der Waals surface area contributed by atoms with Gasteiger partial charge in [-0.2, -0.15) is 0 Å². The molecule has 136 heavy (non-hydrogen) atoms. The molecule has 15 atom stereocenters. The van der Waals surface area contributed by atoms with Crippen molar-refractivity contribution in [3.63, 3.8) is 0 Å². The van der Waals surface area contributed by atoms with Gasteiger partial charge in [-0.1, -0.05) is 108 Å². The number of para-hydroxylation sites is 2. The van der Waals surface area contributed by atoms with E-state index < -0.39 is 235 Å². The van der Waals surface area contributed by atoms with Gasteiger partial charge < -0.3 is 119 Å². The van der Waals surface area contributed by atoms with Crippen molar-refractivity contribution in [3.8, 4) is 5.75 Å². The maximum Gasteiger partial charge on any atom is 0.246 e. The Labute approximate surface area is 789 Å². The van der Waals surface area contributed by atoms with E-state index in [1.165, 1.54) is 71.1 Å². The largest absolute Gasteiger partial charge is 0.508 e. The number of phenols is 1. The smallest absolute Gasteiger partial charge is 0.246 e. The molecular formula is C93H124N22O20S. The van der Waals surface area contributed by atoms with E-state index in [1.807, 2.05) is 13.8 Å². The maximum atomic E-state index is 15.8. The summed E-state index contributed by atoms with van der Waals surface area (Å²) < 4.78 is 0. The minimum absolute atomic E-state index is 0.00271. The minimum atomic E-state index is -1.89. The Kier molecular flexibility index (Phi) is 37.9. The van der Waals surface area contributed by atoms with Crippen LogP contribution in [-0.4, -0.2) is 315 Å². The van der Waals surface area contributed by atoms with Gasteiger partial charge in [-0.15, -0.1) is 11.8 Å². The van der Waals surface area contributed by atoms with E-state index in [0.717, 1.165) is 36.3 Å². The predicted octanol–water partition coefficient (Wildman–Crippen LogP) is -1.55. The summed E-state index contributed by atoms with van der Waals surface area (Å²) in [6.45, 7) is 6.08. The summed E-state index contributed by atoms with van der Waals surface area (Å²) in [5.41, 5.74) is 14.5. The third kappa shape index (κ3) is 28.2. The Bertz CT molecular complexity index is 5410. The van der Waals surface area contributed by atoms with E-state index in [2.05, 4.69) is 78.1 Å². The van der Waals surface area contributed by atoms with Crippen LogP contribution < -0.4 is 64.6 Å². The number of aromatic nitrogens is 5. The number of rotatable bonds is 24. The van der Waals surface area contributed by atoms with Crippen molar-refractivity contribution >= 4 is 134 Å². The summed E-state index contributed by atoms with van der Waals surface area (Å²) >= 11 is 0.774. The molecule has 43 heteroatoms. The Morgan fingerprint density at radius 1 is 0.544 bits per heavy atom. The monoisotopic (exact) mass is 1900 g/mol. The molecule has 3 aliphatic rings. The molecule has 3 saturated heterocycles. The van der Waals surface area contributed by atoms with Crippen LogP contribution in [0.3, 0.4) is 0 Å². The first-order valence-corrected chi connectivity index (χ1v) is 46.7. The first kappa shape index (κ1) is 104. The number of aromatic hydroxyl groups is 1. The van der Waals surface area contributed by atoms with Crippen molar-refractivity contribution in [1.82, 2.24) is 103 Å². The molecule has 7 heterocycles. The summed E-state index contributed by atoms with van der Waals surface area (Å²) in [5, 5.41) is 60.9. The highest BCUT2D eigenvalue weighted by molar-refractivity contribution is 8.00. The zero-order chi connectivity index (χ0) is 98.7. The first-order chi connectivity index (χ1) is 64.9. The van der Waals surface area contributed by atoms with Crippen LogP contribution in [0.25, 0.3) is 21.8 Å². The summed E-state index contributed by atoms with van der Waals surface area (Å²) in [7, 11) is 3.94. The Balaban J connectivity index is 1.02. The summed E-state index contributed by atoms with van der Waals surface area (Å²) in [4.78, 5) is 274. The topological polar surface area (TPSA) is 613 Å². The Morgan fingerprint density at radius 3 is 1.68 bits per heavy atom. The quantitative estimate of drug-likeness (QED) is 0.0325. The number of fused-ring (bicyclic) bond motifs is 4. The fraction of sp³-hybridized carbons (Fsp3) is 0.495. The average Bonchev–Trinajstić information content (AvgIpc) is 1.65. The summed E-state index contributed by atoms with van der Waals surface area (Å²) in [6, 6.07) is 2.63. The number of nitrogens with zero attached hydrogens (tertiary/aromatic N) is 7. The lowest BCUT2D eigenvalue weighted by molar-refractivity contribution is -0.149. The zero-order valence-corrected chi connectivity index (χ0v) is 78.1. The van der Waals surface area contributed by atoms with Crippen molar-refractivity contribution in [2.45, 2.75) is 228 Å². The number of aliphatic hydroxyl groups excluding tert-OH is 2. The number of nitrogens with two attached hydrogens (primary N) is 2. The van der Waals surface area contributed by atoms with Crippen molar-refractivity contribution in [2.24, 2.45) is 17.4 Å². The third-order valence-electron chi connectivity index (χ3n) is 24.5. The molecule has 3 fully saturated rings. The van der Waals surface area contributed by atoms with Gasteiger partial charge in [0, 0.05) is 136 Å². The summed E-state index contributed by atoms with van der Waals surface area (Å²) in [5.74, 6) is -17.5. The van der Waals surface area contributed by atoms with Crippen molar-refractivity contribution in [2.75, 3.05) is 58.9 Å². The zero-order valence-electron chi connectivity index (χ0n) is 77.3. The lowest BCUT2D eigenvalue weighted by Crippen LogP contribution is -2.62. The number of hydrogen-bond donors (Lipinski definition) is 18. The van der Waals surface area contributed by atoms with E-state index in [-0.39, 0.29) is 88.1 Å². The van der Waals surface area contributed by atoms with Crippen LogP contribution in [0.5, 0.6) is 5.75 Å². The molecule has 0 spiro atoms. The van der Waals surface area contributed by atoms with Gasteiger partial charge in [0.25, 0.3) is 0 Å². The minimum Gasteiger partial charge on any atom is -0.508 e. The van der Waals surface area contributed by atoms with Gasteiger partial charge >= 0.3 is 0 Å². The van der Waals surface area contributed by atoms with Gasteiger partial charge in [0.05, 0.1) is 37.8 Å². The molecule has 0 radical (unpaired) electrons. The summed E-state index contributed by atoms with van der Waals surface area (Å²) in [6.07, 6.45) is 5.06.